The molecular formula is C20H23NOS. The van der Waals surface area contributed by atoms with Crippen molar-refractivity contribution in [1.29, 1.82) is 0 Å². The molecule has 0 bridgehead atoms. The van der Waals surface area contributed by atoms with Gasteiger partial charge in [0, 0.05) is 10.3 Å². The first-order valence-corrected chi connectivity index (χ1v) is 9.47. The van der Waals surface area contributed by atoms with Crippen LogP contribution in [-0.4, -0.2) is 17.3 Å². The van der Waals surface area contributed by atoms with Crippen LogP contribution in [0.15, 0.2) is 65.3 Å². The summed E-state index contributed by atoms with van der Waals surface area (Å²) in [5, 5.41) is 6.26. The monoisotopic (exact) mass is 325 g/mol. The van der Waals surface area contributed by atoms with E-state index in [4.69, 9.17) is 4.74 Å². The fourth-order valence-electron chi connectivity index (χ4n) is 2.79. The number of anilines is 1. The van der Waals surface area contributed by atoms with Gasteiger partial charge in [0.1, 0.15) is 0 Å². The number of ether oxygens (including phenoxy) is 1. The van der Waals surface area contributed by atoms with E-state index in [1.54, 1.807) is 0 Å². The van der Waals surface area contributed by atoms with Gasteiger partial charge in [-0.2, -0.15) is 0 Å². The van der Waals surface area contributed by atoms with Gasteiger partial charge in [0.05, 0.1) is 23.5 Å². The van der Waals surface area contributed by atoms with Gasteiger partial charge in [-0.3, -0.25) is 0 Å². The first-order chi connectivity index (χ1) is 11.2. The van der Waals surface area contributed by atoms with E-state index in [2.05, 4.69) is 67.7 Å². The van der Waals surface area contributed by atoms with Crippen molar-refractivity contribution in [3.63, 3.8) is 0 Å². The minimum atomic E-state index is 0.126. The van der Waals surface area contributed by atoms with Crippen molar-refractivity contribution < 1.29 is 4.74 Å². The van der Waals surface area contributed by atoms with Crippen LogP contribution in [0, 0.1) is 0 Å². The Morgan fingerprint density at radius 3 is 2.78 bits per heavy atom. The molecule has 120 valence electrons. The lowest BCUT2D eigenvalue weighted by molar-refractivity contribution is 0.267. The smallest absolute Gasteiger partial charge is 0.0857 e. The van der Waals surface area contributed by atoms with Crippen molar-refractivity contribution >= 4 is 31.9 Å². The van der Waals surface area contributed by atoms with Crippen molar-refractivity contribution in [3.05, 3.63) is 60.4 Å². The lowest BCUT2D eigenvalue weighted by Crippen LogP contribution is -2.04. The fourth-order valence-corrected chi connectivity index (χ4v) is 4.74. The molecule has 1 aliphatic heterocycles. The van der Waals surface area contributed by atoms with E-state index in [0.29, 0.717) is 6.61 Å². The SMILES string of the molecule is CCOC=C(C)C=CC1=S(CC)c2ccc3ccccc3c2N1. The maximum Gasteiger partial charge on any atom is 0.0857 e. The quantitative estimate of drug-likeness (QED) is 0.337. The molecule has 0 amide bonds. The summed E-state index contributed by atoms with van der Waals surface area (Å²) in [7, 11) is 0.126. The molecule has 0 saturated carbocycles. The minimum absolute atomic E-state index is 0.126. The maximum atomic E-state index is 5.34. The molecule has 0 aliphatic carbocycles. The Labute approximate surface area is 140 Å². The topological polar surface area (TPSA) is 21.3 Å². The Kier molecular flexibility index (Phi) is 4.87. The molecule has 0 saturated heterocycles. The van der Waals surface area contributed by atoms with Gasteiger partial charge in [0.2, 0.25) is 0 Å². The van der Waals surface area contributed by atoms with E-state index in [1.165, 1.54) is 26.3 Å². The van der Waals surface area contributed by atoms with Gasteiger partial charge in [-0.25, -0.2) is 0 Å². The summed E-state index contributed by atoms with van der Waals surface area (Å²) in [5.41, 5.74) is 2.40. The summed E-state index contributed by atoms with van der Waals surface area (Å²) >= 11 is 0. The Hall–Kier alpha value is -2.00. The summed E-state index contributed by atoms with van der Waals surface area (Å²) in [5.74, 6) is 1.12. The Morgan fingerprint density at radius 1 is 1.17 bits per heavy atom. The van der Waals surface area contributed by atoms with Gasteiger partial charge >= 0.3 is 0 Å². The van der Waals surface area contributed by atoms with E-state index >= 15 is 0 Å². The van der Waals surface area contributed by atoms with Gasteiger partial charge in [-0.1, -0.05) is 43.3 Å². The van der Waals surface area contributed by atoms with Gasteiger partial charge in [-0.05, 0) is 42.7 Å². The molecule has 0 radical (unpaired) electrons. The molecule has 3 heteroatoms. The minimum Gasteiger partial charge on any atom is -0.501 e. The van der Waals surface area contributed by atoms with Crippen molar-refractivity contribution in [2.75, 3.05) is 17.7 Å². The highest BCUT2D eigenvalue weighted by Crippen LogP contribution is 2.44. The molecule has 1 unspecified atom stereocenters. The van der Waals surface area contributed by atoms with Crippen LogP contribution >= 0.6 is 10.5 Å². The highest BCUT2D eigenvalue weighted by Gasteiger charge is 2.19. The molecule has 1 aliphatic rings. The van der Waals surface area contributed by atoms with Crippen LogP contribution in [-0.2, 0) is 4.74 Å². The van der Waals surface area contributed by atoms with E-state index in [-0.39, 0.29) is 10.5 Å². The average Bonchev–Trinajstić information content (AvgIpc) is 2.96. The molecule has 23 heavy (non-hydrogen) atoms. The fraction of sp³-hybridized carbons (Fsp3) is 0.250. The standard InChI is InChI=1S/C20H23NOS/c1-4-22-14-15(3)10-13-19-21-20-17-9-7-6-8-16(17)11-12-18(20)23(19)5-2/h6-14,21H,4-5H2,1-3H3. The Bertz CT molecular complexity index is 818. The van der Waals surface area contributed by atoms with Gasteiger partial charge < -0.3 is 10.1 Å². The molecule has 0 fully saturated rings. The van der Waals surface area contributed by atoms with E-state index in [1.807, 2.05) is 13.2 Å². The molecule has 0 aromatic heterocycles. The number of hydrogen-bond donors (Lipinski definition) is 1. The molecule has 2 nitrogen and oxygen atoms in total. The van der Waals surface area contributed by atoms with Crippen molar-refractivity contribution in [3.8, 4) is 0 Å². The second-order valence-corrected chi connectivity index (χ2v) is 7.72. The third-order valence-electron chi connectivity index (χ3n) is 3.89. The summed E-state index contributed by atoms with van der Waals surface area (Å²) in [6, 6.07) is 13.1. The molecule has 1 N–H and O–H groups in total. The Balaban J connectivity index is 1.96. The number of allylic oxidation sites excluding steroid dienone is 2. The zero-order valence-corrected chi connectivity index (χ0v) is 14.7. The van der Waals surface area contributed by atoms with E-state index in [0.717, 1.165) is 11.3 Å². The molecule has 1 heterocycles. The Morgan fingerprint density at radius 2 is 2.00 bits per heavy atom. The lowest BCUT2D eigenvalue weighted by Gasteiger charge is -2.06. The summed E-state index contributed by atoms with van der Waals surface area (Å²) in [6.07, 6.45) is 6.15. The number of hydrogen-bond acceptors (Lipinski definition) is 2. The number of benzene rings is 2. The van der Waals surface area contributed by atoms with Crippen LogP contribution in [0.4, 0.5) is 5.69 Å². The predicted molar refractivity (Wildman–Crippen MR) is 103 cm³/mol. The van der Waals surface area contributed by atoms with Crippen LogP contribution in [0.5, 0.6) is 0 Å². The van der Waals surface area contributed by atoms with E-state index < -0.39 is 0 Å². The van der Waals surface area contributed by atoms with Crippen molar-refractivity contribution in [2.24, 2.45) is 0 Å². The van der Waals surface area contributed by atoms with Crippen LogP contribution in [0.3, 0.4) is 0 Å². The molecular weight excluding hydrogens is 302 g/mol. The summed E-state index contributed by atoms with van der Waals surface area (Å²) < 4.78 is 5.34. The normalized spacial score (nSPS) is 17.6. The molecule has 3 rings (SSSR count). The highest BCUT2D eigenvalue weighted by atomic mass is 32.2. The maximum absolute atomic E-state index is 5.34. The van der Waals surface area contributed by atoms with E-state index in [9.17, 15) is 0 Å². The molecule has 0 spiro atoms. The number of rotatable bonds is 5. The third kappa shape index (κ3) is 3.20. The largest absolute Gasteiger partial charge is 0.501 e. The third-order valence-corrected chi connectivity index (χ3v) is 6.11. The predicted octanol–water partition coefficient (Wildman–Crippen LogP) is 5.54. The van der Waals surface area contributed by atoms with Gasteiger partial charge in [0.25, 0.3) is 0 Å². The zero-order valence-electron chi connectivity index (χ0n) is 13.9. The molecule has 2 aromatic rings. The number of nitrogens with one attached hydrogen (secondary N) is 1. The van der Waals surface area contributed by atoms with Gasteiger partial charge in [0.15, 0.2) is 0 Å². The van der Waals surface area contributed by atoms with Crippen LogP contribution in [0.25, 0.3) is 10.8 Å². The van der Waals surface area contributed by atoms with Crippen LogP contribution in [0.1, 0.15) is 20.8 Å². The molecule has 1 atom stereocenters. The highest BCUT2D eigenvalue weighted by molar-refractivity contribution is 8.16. The first-order valence-electron chi connectivity index (χ1n) is 8.07. The van der Waals surface area contributed by atoms with Crippen molar-refractivity contribution in [2.45, 2.75) is 25.7 Å². The summed E-state index contributed by atoms with van der Waals surface area (Å²) in [6.45, 7) is 7.02. The number of fused-ring (bicyclic) bond motifs is 3. The summed E-state index contributed by atoms with van der Waals surface area (Å²) in [4.78, 5) is 2.72. The van der Waals surface area contributed by atoms with Crippen molar-refractivity contribution in [1.82, 2.24) is 0 Å². The first kappa shape index (κ1) is 15.9. The van der Waals surface area contributed by atoms with Crippen LogP contribution < -0.4 is 5.32 Å². The van der Waals surface area contributed by atoms with Gasteiger partial charge in [-0.15, -0.1) is 10.5 Å². The second kappa shape index (κ2) is 7.05. The average molecular weight is 325 g/mol. The molecule has 2 aromatic carbocycles. The van der Waals surface area contributed by atoms with Crippen LogP contribution in [0.2, 0.25) is 0 Å². The second-order valence-electron chi connectivity index (χ2n) is 5.48. The lowest BCUT2D eigenvalue weighted by atomic mass is 10.1. The zero-order chi connectivity index (χ0) is 16.2.